The standard InChI is InChI=1S/C14H19NO5S/c1-10-6-4-5-7-12(10)8-21(18,19)9-13(14(17)20-3)15-11(2)16/h4-7,13H,8-9H2,1-3H3,(H,15,16). The van der Waals surface area contributed by atoms with Crippen molar-refractivity contribution in [3.05, 3.63) is 35.4 Å². The monoisotopic (exact) mass is 313 g/mol. The number of aryl methyl sites for hydroxylation is 1. The Labute approximate surface area is 124 Å². The molecule has 1 rings (SSSR count). The molecule has 1 N–H and O–H groups in total. The Morgan fingerprint density at radius 3 is 2.43 bits per heavy atom. The van der Waals surface area contributed by atoms with Crippen LogP contribution in [0.4, 0.5) is 0 Å². The molecule has 0 heterocycles. The van der Waals surface area contributed by atoms with E-state index in [0.717, 1.165) is 12.7 Å². The topological polar surface area (TPSA) is 89.5 Å². The van der Waals surface area contributed by atoms with Gasteiger partial charge < -0.3 is 10.1 Å². The molecule has 1 aromatic rings. The van der Waals surface area contributed by atoms with Crippen LogP contribution >= 0.6 is 0 Å². The zero-order chi connectivity index (χ0) is 16.0. The first-order valence-electron chi connectivity index (χ1n) is 6.35. The highest BCUT2D eigenvalue weighted by Gasteiger charge is 2.27. The molecule has 0 spiro atoms. The predicted octanol–water partition coefficient (Wildman–Crippen LogP) is 0.588. The molecule has 7 heteroatoms. The number of nitrogens with one attached hydrogen (secondary N) is 1. The van der Waals surface area contributed by atoms with Crippen molar-refractivity contribution in [1.29, 1.82) is 0 Å². The number of carbonyl (C=O) groups excluding carboxylic acids is 2. The Kier molecular flexibility index (Phi) is 5.90. The van der Waals surface area contributed by atoms with E-state index in [1.165, 1.54) is 6.92 Å². The van der Waals surface area contributed by atoms with Gasteiger partial charge in [-0.2, -0.15) is 0 Å². The summed E-state index contributed by atoms with van der Waals surface area (Å²) in [5, 5.41) is 2.29. The van der Waals surface area contributed by atoms with E-state index in [1.54, 1.807) is 12.1 Å². The van der Waals surface area contributed by atoms with Crippen LogP contribution < -0.4 is 5.32 Å². The number of rotatable bonds is 6. The van der Waals surface area contributed by atoms with E-state index in [2.05, 4.69) is 10.1 Å². The minimum absolute atomic E-state index is 0.188. The first-order valence-corrected chi connectivity index (χ1v) is 8.17. The van der Waals surface area contributed by atoms with E-state index in [9.17, 15) is 18.0 Å². The van der Waals surface area contributed by atoms with Crippen molar-refractivity contribution < 1.29 is 22.7 Å². The van der Waals surface area contributed by atoms with Crippen LogP contribution in [0.15, 0.2) is 24.3 Å². The van der Waals surface area contributed by atoms with Gasteiger partial charge in [0, 0.05) is 6.92 Å². The van der Waals surface area contributed by atoms with Gasteiger partial charge in [0.1, 0.15) is 6.04 Å². The maximum Gasteiger partial charge on any atom is 0.329 e. The van der Waals surface area contributed by atoms with E-state index in [1.807, 2.05) is 19.1 Å². The van der Waals surface area contributed by atoms with Crippen molar-refractivity contribution >= 4 is 21.7 Å². The Bertz CT molecular complexity index is 624. The average molecular weight is 313 g/mol. The summed E-state index contributed by atoms with van der Waals surface area (Å²) in [4.78, 5) is 22.6. The molecule has 0 aromatic heterocycles. The molecule has 0 radical (unpaired) electrons. The number of carbonyl (C=O) groups is 2. The lowest BCUT2D eigenvalue weighted by Crippen LogP contribution is -2.45. The van der Waals surface area contributed by atoms with Gasteiger partial charge in [-0.3, -0.25) is 4.79 Å². The van der Waals surface area contributed by atoms with Crippen LogP contribution in [-0.2, 0) is 29.9 Å². The smallest absolute Gasteiger partial charge is 0.329 e. The summed E-state index contributed by atoms with van der Waals surface area (Å²) in [6.45, 7) is 3.03. The molecule has 0 aliphatic carbocycles. The van der Waals surface area contributed by atoms with E-state index in [4.69, 9.17) is 0 Å². The number of hydrogen-bond acceptors (Lipinski definition) is 5. The van der Waals surface area contributed by atoms with Gasteiger partial charge in [0.15, 0.2) is 9.84 Å². The van der Waals surface area contributed by atoms with Crippen LogP contribution in [0.1, 0.15) is 18.1 Å². The Hall–Kier alpha value is -1.89. The lowest BCUT2D eigenvalue weighted by molar-refractivity contribution is -0.144. The number of sulfone groups is 1. The minimum atomic E-state index is -3.57. The molecule has 6 nitrogen and oxygen atoms in total. The van der Waals surface area contributed by atoms with Crippen LogP contribution in [0.5, 0.6) is 0 Å². The summed E-state index contributed by atoms with van der Waals surface area (Å²) >= 11 is 0. The molecular weight excluding hydrogens is 294 g/mol. The van der Waals surface area contributed by atoms with Gasteiger partial charge in [-0.25, -0.2) is 13.2 Å². The third kappa shape index (κ3) is 5.55. The Balaban J connectivity index is 2.88. The van der Waals surface area contributed by atoms with Gasteiger partial charge in [-0.15, -0.1) is 0 Å². The second-order valence-electron chi connectivity index (χ2n) is 4.76. The fraction of sp³-hybridized carbons (Fsp3) is 0.429. The highest BCUT2D eigenvalue weighted by Crippen LogP contribution is 2.12. The molecule has 0 saturated carbocycles. The summed E-state index contributed by atoms with van der Waals surface area (Å²) in [6.07, 6.45) is 0. The molecule has 0 aliphatic heterocycles. The molecule has 1 aromatic carbocycles. The molecular formula is C14H19NO5S. The summed E-state index contributed by atoms with van der Waals surface area (Å²) in [5.41, 5.74) is 1.53. The van der Waals surface area contributed by atoms with Crippen LogP contribution in [0.3, 0.4) is 0 Å². The van der Waals surface area contributed by atoms with Gasteiger partial charge in [0.2, 0.25) is 5.91 Å². The fourth-order valence-corrected chi connectivity index (χ4v) is 3.52. The molecule has 1 unspecified atom stereocenters. The molecule has 1 atom stereocenters. The molecule has 1 amide bonds. The van der Waals surface area contributed by atoms with Gasteiger partial charge in [0.25, 0.3) is 0 Å². The molecule has 0 saturated heterocycles. The van der Waals surface area contributed by atoms with Crippen molar-refractivity contribution in [3.63, 3.8) is 0 Å². The van der Waals surface area contributed by atoms with Gasteiger partial charge in [-0.05, 0) is 18.1 Å². The Morgan fingerprint density at radius 1 is 1.29 bits per heavy atom. The van der Waals surface area contributed by atoms with Crippen LogP contribution in [-0.4, -0.2) is 39.2 Å². The van der Waals surface area contributed by atoms with Crippen molar-refractivity contribution in [1.82, 2.24) is 5.32 Å². The second-order valence-corrected chi connectivity index (χ2v) is 6.87. The Morgan fingerprint density at radius 2 is 1.90 bits per heavy atom. The third-order valence-electron chi connectivity index (χ3n) is 2.92. The third-order valence-corrected chi connectivity index (χ3v) is 4.51. The zero-order valence-electron chi connectivity index (χ0n) is 12.3. The second kappa shape index (κ2) is 7.21. The largest absolute Gasteiger partial charge is 0.467 e. The lowest BCUT2D eigenvalue weighted by atomic mass is 10.1. The number of ether oxygens (including phenoxy) is 1. The van der Waals surface area contributed by atoms with E-state index in [-0.39, 0.29) is 5.75 Å². The summed E-state index contributed by atoms with van der Waals surface area (Å²) in [5.74, 6) is -1.95. The number of amides is 1. The molecule has 0 bridgehead atoms. The van der Waals surface area contributed by atoms with Gasteiger partial charge in [-0.1, -0.05) is 24.3 Å². The van der Waals surface area contributed by atoms with E-state index >= 15 is 0 Å². The van der Waals surface area contributed by atoms with Crippen LogP contribution in [0, 0.1) is 6.92 Å². The van der Waals surface area contributed by atoms with Crippen LogP contribution in [0.25, 0.3) is 0 Å². The molecule has 116 valence electrons. The van der Waals surface area contributed by atoms with Gasteiger partial charge >= 0.3 is 5.97 Å². The summed E-state index contributed by atoms with van der Waals surface area (Å²) in [7, 11) is -2.43. The van der Waals surface area contributed by atoms with Crippen molar-refractivity contribution in [2.24, 2.45) is 0 Å². The lowest BCUT2D eigenvalue weighted by Gasteiger charge is -2.16. The number of hydrogen-bond donors (Lipinski definition) is 1. The van der Waals surface area contributed by atoms with E-state index < -0.39 is 33.5 Å². The van der Waals surface area contributed by atoms with Crippen molar-refractivity contribution in [2.45, 2.75) is 25.6 Å². The first kappa shape index (κ1) is 17.2. The normalized spacial score (nSPS) is 12.5. The SMILES string of the molecule is COC(=O)C(CS(=O)(=O)Cc1ccccc1C)NC(C)=O. The quantitative estimate of drug-likeness (QED) is 0.776. The van der Waals surface area contributed by atoms with Crippen molar-refractivity contribution in [2.75, 3.05) is 12.9 Å². The average Bonchev–Trinajstić information content (AvgIpc) is 2.38. The number of methoxy groups -OCH3 is 1. The summed E-state index contributed by atoms with van der Waals surface area (Å²) < 4.78 is 28.9. The first-order chi connectivity index (χ1) is 9.75. The number of esters is 1. The van der Waals surface area contributed by atoms with Crippen LogP contribution in [0.2, 0.25) is 0 Å². The maximum atomic E-state index is 12.2. The molecule has 0 aliphatic rings. The zero-order valence-corrected chi connectivity index (χ0v) is 13.1. The number of benzene rings is 1. The van der Waals surface area contributed by atoms with Crippen molar-refractivity contribution in [3.8, 4) is 0 Å². The van der Waals surface area contributed by atoms with E-state index in [0.29, 0.717) is 5.56 Å². The fourth-order valence-electron chi connectivity index (χ4n) is 1.88. The predicted molar refractivity (Wildman–Crippen MR) is 78.3 cm³/mol. The molecule has 21 heavy (non-hydrogen) atoms. The molecule has 0 fully saturated rings. The highest BCUT2D eigenvalue weighted by atomic mass is 32.2. The minimum Gasteiger partial charge on any atom is -0.467 e. The van der Waals surface area contributed by atoms with Gasteiger partial charge in [0.05, 0.1) is 18.6 Å². The maximum absolute atomic E-state index is 12.2. The summed E-state index contributed by atoms with van der Waals surface area (Å²) in [6, 6.07) is 5.92. The highest BCUT2D eigenvalue weighted by molar-refractivity contribution is 7.90.